The fraction of sp³-hybridized carbons (Fsp3) is 0.733. The molecule has 0 N–H and O–H groups in total. The van der Waals surface area contributed by atoms with Crippen LogP contribution in [0.25, 0.3) is 0 Å². The number of ether oxygens (including phenoxy) is 1. The highest BCUT2D eigenvalue weighted by Gasteiger charge is 2.33. The molecule has 0 saturated carbocycles. The van der Waals surface area contributed by atoms with Gasteiger partial charge in [-0.1, -0.05) is 11.6 Å². The van der Waals surface area contributed by atoms with Crippen molar-refractivity contribution in [2.75, 3.05) is 39.4 Å². The van der Waals surface area contributed by atoms with Gasteiger partial charge in [0, 0.05) is 31.7 Å². The minimum atomic E-state index is 0.188. The molecule has 3 heterocycles. The number of aromatic nitrogens is 2. The van der Waals surface area contributed by atoms with Gasteiger partial charge in [0.15, 0.2) is 0 Å². The number of rotatable bonds is 3. The fourth-order valence-corrected chi connectivity index (χ4v) is 3.75. The molecule has 0 spiro atoms. The summed E-state index contributed by atoms with van der Waals surface area (Å²) in [5.74, 6) is 0.188. The van der Waals surface area contributed by atoms with Crippen LogP contribution in [0.5, 0.6) is 0 Å². The van der Waals surface area contributed by atoms with Crippen molar-refractivity contribution < 1.29 is 9.53 Å². The van der Waals surface area contributed by atoms with Gasteiger partial charge >= 0.3 is 0 Å². The van der Waals surface area contributed by atoms with Crippen molar-refractivity contribution in [1.82, 2.24) is 19.6 Å². The maximum absolute atomic E-state index is 12.5. The molecular weight excluding hydrogens is 304 g/mol. The molecule has 1 atom stereocenters. The molecule has 7 heteroatoms. The number of likely N-dealkylation sites (tertiary alicyclic amines) is 1. The molecule has 2 aliphatic rings. The first-order valence-corrected chi connectivity index (χ1v) is 8.24. The highest BCUT2D eigenvalue weighted by Crippen LogP contribution is 2.37. The summed E-state index contributed by atoms with van der Waals surface area (Å²) < 4.78 is 7.02. The fourth-order valence-electron chi connectivity index (χ4n) is 3.45. The molecule has 0 radical (unpaired) electrons. The molecule has 1 amide bonds. The quantitative estimate of drug-likeness (QED) is 0.842. The van der Waals surface area contributed by atoms with Gasteiger partial charge < -0.3 is 9.64 Å². The van der Waals surface area contributed by atoms with Crippen molar-refractivity contribution in [3.8, 4) is 0 Å². The summed E-state index contributed by atoms with van der Waals surface area (Å²) in [5.41, 5.74) is 2.04. The van der Waals surface area contributed by atoms with Gasteiger partial charge in [0.1, 0.15) is 5.15 Å². The highest BCUT2D eigenvalue weighted by molar-refractivity contribution is 6.30. The van der Waals surface area contributed by atoms with Crippen LogP contribution in [0.1, 0.15) is 30.1 Å². The molecule has 6 nitrogen and oxygen atoms in total. The monoisotopic (exact) mass is 326 g/mol. The van der Waals surface area contributed by atoms with E-state index in [0.29, 0.717) is 38.0 Å². The molecule has 1 aromatic heterocycles. The van der Waals surface area contributed by atoms with E-state index in [9.17, 15) is 4.79 Å². The van der Waals surface area contributed by atoms with Crippen LogP contribution in [-0.4, -0.2) is 64.9 Å². The molecule has 1 aromatic rings. The largest absolute Gasteiger partial charge is 0.378 e. The second-order valence-corrected chi connectivity index (χ2v) is 6.39. The van der Waals surface area contributed by atoms with Gasteiger partial charge in [0.05, 0.1) is 25.5 Å². The van der Waals surface area contributed by atoms with Crippen molar-refractivity contribution in [1.29, 1.82) is 0 Å². The van der Waals surface area contributed by atoms with Crippen LogP contribution in [0.15, 0.2) is 0 Å². The molecule has 122 valence electrons. The number of morpholine rings is 1. The topological polar surface area (TPSA) is 50.6 Å². The zero-order chi connectivity index (χ0) is 15.7. The minimum Gasteiger partial charge on any atom is -0.378 e. The van der Waals surface area contributed by atoms with Crippen LogP contribution in [-0.2, 0) is 16.6 Å². The Morgan fingerprint density at radius 2 is 2.09 bits per heavy atom. The predicted octanol–water partition coefficient (Wildman–Crippen LogP) is 1.38. The first-order chi connectivity index (χ1) is 10.6. The summed E-state index contributed by atoms with van der Waals surface area (Å²) >= 11 is 6.41. The van der Waals surface area contributed by atoms with Crippen LogP contribution in [0, 0.1) is 6.92 Å². The number of hydrogen-bond donors (Lipinski definition) is 0. The van der Waals surface area contributed by atoms with Crippen LogP contribution in [0.3, 0.4) is 0 Å². The first-order valence-electron chi connectivity index (χ1n) is 7.86. The van der Waals surface area contributed by atoms with E-state index in [1.807, 2.05) is 18.9 Å². The average molecular weight is 327 g/mol. The number of nitrogens with zero attached hydrogens (tertiary/aromatic N) is 4. The second-order valence-electron chi connectivity index (χ2n) is 6.04. The second kappa shape index (κ2) is 6.56. The minimum absolute atomic E-state index is 0.188. The smallest absolute Gasteiger partial charge is 0.236 e. The molecular formula is C15H23ClN4O2. The van der Waals surface area contributed by atoms with E-state index in [2.05, 4.69) is 10.00 Å². The van der Waals surface area contributed by atoms with Gasteiger partial charge in [-0.15, -0.1) is 0 Å². The van der Waals surface area contributed by atoms with Crippen molar-refractivity contribution in [3.63, 3.8) is 0 Å². The number of amides is 1. The third kappa shape index (κ3) is 3.00. The Labute approximate surface area is 136 Å². The molecule has 0 unspecified atom stereocenters. The van der Waals surface area contributed by atoms with Gasteiger partial charge in [-0.05, 0) is 26.3 Å². The van der Waals surface area contributed by atoms with Crippen molar-refractivity contribution in [3.05, 3.63) is 16.4 Å². The van der Waals surface area contributed by atoms with Crippen LogP contribution >= 0.6 is 11.6 Å². The Morgan fingerprint density at radius 3 is 2.73 bits per heavy atom. The molecule has 2 fully saturated rings. The van der Waals surface area contributed by atoms with E-state index in [4.69, 9.17) is 16.3 Å². The number of hydrogen-bond acceptors (Lipinski definition) is 4. The summed E-state index contributed by atoms with van der Waals surface area (Å²) in [6.45, 7) is 6.06. The summed E-state index contributed by atoms with van der Waals surface area (Å²) in [4.78, 5) is 16.6. The maximum Gasteiger partial charge on any atom is 0.236 e. The third-order valence-corrected chi connectivity index (χ3v) is 5.04. The van der Waals surface area contributed by atoms with E-state index in [1.165, 1.54) is 0 Å². The Kier molecular flexibility index (Phi) is 4.70. The Bertz CT molecular complexity index is 554. The van der Waals surface area contributed by atoms with E-state index >= 15 is 0 Å². The van der Waals surface area contributed by atoms with E-state index < -0.39 is 0 Å². The van der Waals surface area contributed by atoms with Gasteiger partial charge in [0.2, 0.25) is 5.91 Å². The van der Waals surface area contributed by atoms with Gasteiger partial charge in [-0.3, -0.25) is 14.4 Å². The van der Waals surface area contributed by atoms with Crippen molar-refractivity contribution in [2.24, 2.45) is 7.05 Å². The zero-order valence-electron chi connectivity index (χ0n) is 13.2. The summed E-state index contributed by atoms with van der Waals surface area (Å²) in [7, 11) is 1.86. The van der Waals surface area contributed by atoms with Crippen LogP contribution in [0.2, 0.25) is 5.15 Å². The lowest BCUT2D eigenvalue weighted by Crippen LogP contribution is -2.45. The lowest BCUT2D eigenvalue weighted by atomic mass is 10.1. The average Bonchev–Trinajstić information content (AvgIpc) is 3.05. The number of aryl methyl sites for hydroxylation is 2. The number of carbonyl (C=O) groups is 1. The maximum atomic E-state index is 12.5. The Morgan fingerprint density at radius 1 is 1.36 bits per heavy atom. The van der Waals surface area contributed by atoms with Crippen LogP contribution in [0.4, 0.5) is 0 Å². The third-order valence-electron chi connectivity index (χ3n) is 4.60. The van der Waals surface area contributed by atoms with Crippen molar-refractivity contribution in [2.45, 2.75) is 25.8 Å². The Balaban J connectivity index is 1.71. The molecule has 2 aliphatic heterocycles. The van der Waals surface area contributed by atoms with Gasteiger partial charge in [-0.25, -0.2) is 0 Å². The van der Waals surface area contributed by atoms with Gasteiger partial charge in [0.25, 0.3) is 0 Å². The van der Waals surface area contributed by atoms with E-state index in [1.54, 1.807) is 4.68 Å². The molecule has 3 rings (SSSR count). The summed E-state index contributed by atoms with van der Waals surface area (Å²) in [5, 5.41) is 5.09. The lowest BCUT2D eigenvalue weighted by molar-refractivity contribution is -0.136. The number of halogens is 1. The van der Waals surface area contributed by atoms with Crippen molar-refractivity contribution >= 4 is 17.5 Å². The molecule has 0 aromatic carbocycles. The normalized spacial score (nSPS) is 23.2. The Hall–Kier alpha value is -1.11. The first kappa shape index (κ1) is 15.8. The molecule has 0 aliphatic carbocycles. The summed E-state index contributed by atoms with van der Waals surface area (Å²) in [6, 6.07) is 0.200. The lowest BCUT2D eigenvalue weighted by Gasteiger charge is -2.30. The predicted molar refractivity (Wildman–Crippen MR) is 83.9 cm³/mol. The molecule has 22 heavy (non-hydrogen) atoms. The zero-order valence-corrected chi connectivity index (χ0v) is 14.0. The number of carbonyl (C=O) groups excluding carboxylic acids is 1. The highest BCUT2D eigenvalue weighted by atomic mass is 35.5. The van der Waals surface area contributed by atoms with E-state index in [-0.39, 0.29) is 11.9 Å². The summed E-state index contributed by atoms with van der Waals surface area (Å²) in [6.07, 6.45) is 2.12. The van der Waals surface area contributed by atoms with Crippen LogP contribution < -0.4 is 0 Å². The van der Waals surface area contributed by atoms with E-state index in [0.717, 1.165) is 30.6 Å². The van der Waals surface area contributed by atoms with Gasteiger partial charge in [-0.2, -0.15) is 5.10 Å². The molecule has 2 saturated heterocycles. The standard InChI is InChI=1S/C15H23ClN4O2/c1-11-14(15(16)18(2)17-11)12-4-3-5-20(12)10-13(21)19-6-8-22-9-7-19/h12H,3-10H2,1-2H3/t12-/m0/s1. The SMILES string of the molecule is Cc1nn(C)c(Cl)c1[C@@H]1CCCN1CC(=O)N1CCOCC1. The molecule has 0 bridgehead atoms.